The van der Waals surface area contributed by atoms with E-state index in [2.05, 4.69) is 113 Å². The molecule has 3 nitrogen and oxygen atoms in total. The van der Waals surface area contributed by atoms with Crippen LogP contribution in [0.4, 0.5) is 0 Å². The van der Waals surface area contributed by atoms with Crippen LogP contribution in [0.2, 0.25) is 18.1 Å². The molecule has 2 atom stereocenters. The fourth-order valence-corrected chi connectivity index (χ4v) is 11.1. The predicted molar refractivity (Wildman–Crippen MR) is 152 cm³/mol. The molecule has 1 aliphatic rings. The maximum Gasteiger partial charge on any atom is 0.332 e. The van der Waals surface area contributed by atoms with Gasteiger partial charge < -0.3 is 13.3 Å². The van der Waals surface area contributed by atoms with Crippen molar-refractivity contribution in [1.82, 2.24) is 0 Å². The third-order valence-electron chi connectivity index (χ3n) is 6.58. The lowest BCUT2D eigenvalue weighted by molar-refractivity contribution is 0.184. The molecule has 2 aromatic carbocycles. The second-order valence-electron chi connectivity index (χ2n) is 10.9. The Morgan fingerprint density at radius 3 is 2.20 bits per heavy atom. The van der Waals surface area contributed by atoms with E-state index in [4.69, 9.17) is 13.3 Å². The van der Waals surface area contributed by atoms with E-state index in [1.165, 1.54) is 10.4 Å². The zero-order chi connectivity index (χ0) is 25.4. The molecule has 0 spiro atoms. The zero-order valence-electron chi connectivity index (χ0n) is 22.2. The highest BCUT2D eigenvalue weighted by molar-refractivity contribution is 6.99. The van der Waals surface area contributed by atoms with E-state index in [-0.39, 0.29) is 11.1 Å². The molecule has 0 amide bonds. The molecule has 5 heteroatoms. The maximum absolute atomic E-state index is 6.98. The van der Waals surface area contributed by atoms with Gasteiger partial charge in [-0.15, -0.1) is 12.5 Å². The van der Waals surface area contributed by atoms with Gasteiger partial charge in [-0.1, -0.05) is 93.4 Å². The fraction of sp³-hybridized carbons (Fsp3) is 0.467. The molecule has 35 heavy (non-hydrogen) atoms. The van der Waals surface area contributed by atoms with E-state index in [0.717, 1.165) is 32.3 Å². The van der Waals surface area contributed by atoms with Crippen molar-refractivity contribution in [1.29, 1.82) is 0 Å². The maximum atomic E-state index is 6.98. The first-order chi connectivity index (χ1) is 16.7. The van der Waals surface area contributed by atoms with Crippen molar-refractivity contribution >= 4 is 27.3 Å². The van der Waals surface area contributed by atoms with Crippen LogP contribution in [0.5, 0.6) is 0 Å². The molecule has 0 unspecified atom stereocenters. The highest BCUT2D eigenvalue weighted by atomic mass is 28.4. The first kappa shape index (κ1) is 27.6. The number of rotatable bonds is 8. The van der Waals surface area contributed by atoms with E-state index in [0.29, 0.717) is 12.5 Å². The van der Waals surface area contributed by atoms with Gasteiger partial charge in [0.25, 0.3) is 8.32 Å². The van der Waals surface area contributed by atoms with Gasteiger partial charge in [0, 0.05) is 19.6 Å². The SMILES string of the molecule is C=CC[C@H]1CO[Si](C)(C)O[C@@H](C#CCCCO[Si](c2ccccc2)(c2ccccc2)C(C)(C)C)C1. The van der Waals surface area contributed by atoms with Crippen molar-refractivity contribution in [3.05, 3.63) is 73.3 Å². The van der Waals surface area contributed by atoms with Gasteiger partial charge in [0.15, 0.2) is 0 Å². The molecule has 0 aliphatic carbocycles. The summed E-state index contributed by atoms with van der Waals surface area (Å²) in [7, 11) is -4.61. The molecule has 188 valence electrons. The van der Waals surface area contributed by atoms with E-state index in [9.17, 15) is 0 Å². The third-order valence-corrected chi connectivity index (χ3v) is 13.3. The molecule has 0 saturated carbocycles. The first-order valence-corrected chi connectivity index (χ1v) is 17.6. The van der Waals surface area contributed by atoms with Gasteiger partial charge in [0.1, 0.15) is 6.10 Å². The quantitative estimate of drug-likeness (QED) is 0.189. The number of benzene rings is 2. The molecule has 0 N–H and O–H groups in total. The van der Waals surface area contributed by atoms with Crippen LogP contribution in [0.1, 0.15) is 46.5 Å². The monoisotopic (exact) mass is 506 g/mol. The average molecular weight is 507 g/mol. The van der Waals surface area contributed by atoms with Crippen LogP contribution in [-0.4, -0.2) is 36.2 Å². The van der Waals surface area contributed by atoms with Crippen LogP contribution in [-0.2, 0) is 13.3 Å². The minimum atomic E-state index is -2.48. The molecule has 3 rings (SSSR count). The van der Waals surface area contributed by atoms with Gasteiger partial charge in [-0.3, -0.25) is 0 Å². The summed E-state index contributed by atoms with van der Waals surface area (Å²) < 4.78 is 19.3. The largest absolute Gasteiger partial charge is 0.407 e. The highest BCUT2D eigenvalue weighted by Gasteiger charge is 2.49. The Balaban J connectivity index is 1.70. The summed E-state index contributed by atoms with van der Waals surface area (Å²) in [4.78, 5) is 0. The fourth-order valence-electron chi connectivity index (χ4n) is 4.94. The topological polar surface area (TPSA) is 27.7 Å². The molecule has 1 heterocycles. The van der Waals surface area contributed by atoms with Crippen LogP contribution in [0.15, 0.2) is 73.3 Å². The Morgan fingerprint density at radius 1 is 1.06 bits per heavy atom. The second kappa shape index (κ2) is 12.3. The normalized spacial score (nSPS) is 20.4. The Hall–Kier alpha value is -1.95. The summed E-state index contributed by atoms with van der Waals surface area (Å²) in [5.74, 6) is 7.22. The summed E-state index contributed by atoms with van der Waals surface area (Å²) in [5, 5.41) is 2.63. The Bertz CT molecular complexity index is 948. The van der Waals surface area contributed by atoms with Crippen LogP contribution in [0.25, 0.3) is 0 Å². The zero-order valence-corrected chi connectivity index (χ0v) is 24.2. The van der Waals surface area contributed by atoms with Crippen LogP contribution >= 0.6 is 0 Å². The number of hydrogen-bond donors (Lipinski definition) is 0. The van der Waals surface area contributed by atoms with Crippen molar-refractivity contribution in [3.8, 4) is 11.8 Å². The molecular formula is C30H42O3Si2. The van der Waals surface area contributed by atoms with Gasteiger partial charge in [-0.25, -0.2) is 0 Å². The lowest BCUT2D eigenvalue weighted by Crippen LogP contribution is -2.66. The minimum absolute atomic E-state index is 0.00799. The van der Waals surface area contributed by atoms with E-state index in [1.807, 2.05) is 6.08 Å². The Labute approximate surface area is 215 Å². The molecule has 0 bridgehead atoms. The molecule has 1 saturated heterocycles. The third kappa shape index (κ3) is 7.28. The molecule has 1 fully saturated rings. The van der Waals surface area contributed by atoms with Crippen molar-refractivity contribution in [3.63, 3.8) is 0 Å². The summed E-state index contributed by atoms with van der Waals surface area (Å²) in [5.41, 5.74) is 0. The first-order valence-electron chi connectivity index (χ1n) is 12.8. The molecule has 1 aliphatic heterocycles. The summed E-state index contributed by atoms with van der Waals surface area (Å²) in [6, 6.07) is 21.6. The van der Waals surface area contributed by atoms with Crippen molar-refractivity contribution in [2.45, 2.75) is 70.7 Å². The average Bonchev–Trinajstić information content (AvgIpc) is 2.96. The molecule has 0 radical (unpaired) electrons. The summed E-state index contributed by atoms with van der Waals surface area (Å²) in [6.45, 7) is 16.5. The molecular weight excluding hydrogens is 464 g/mol. The smallest absolute Gasteiger partial charge is 0.332 e. The van der Waals surface area contributed by atoms with Crippen molar-refractivity contribution in [2.24, 2.45) is 5.92 Å². The standard InChI is InChI=1S/C30H42O3Si2/c1-7-17-26-24-27(33-34(5,6)32-25-26)18-11-10-16-23-31-35(30(2,3)4,28-19-12-8-13-20-28)29-21-14-9-15-22-29/h7-9,12-15,19-22,26-27H,1,10,16-17,23-25H2,2-6H3/t26-,27+/m1/s1. The second-order valence-corrected chi connectivity index (χ2v) is 18.5. The van der Waals surface area contributed by atoms with E-state index < -0.39 is 16.9 Å². The minimum Gasteiger partial charge on any atom is -0.407 e. The predicted octanol–water partition coefficient (Wildman–Crippen LogP) is 6.05. The van der Waals surface area contributed by atoms with Crippen molar-refractivity contribution in [2.75, 3.05) is 13.2 Å². The summed E-state index contributed by atoms with van der Waals surface area (Å²) in [6.07, 6.45) is 5.47. The number of hydrogen-bond acceptors (Lipinski definition) is 3. The number of unbranched alkanes of at least 4 members (excludes halogenated alkanes) is 1. The highest BCUT2D eigenvalue weighted by Crippen LogP contribution is 2.36. The van der Waals surface area contributed by atoms with E-state index in [1.54, 1.807) is 0 Å². The summed E-state index contributed by atoms with van der Waals surface area (Å²) >= 11 is 0. The van der Waals surface area contributed by atoms with Gasteiger partial charge in [-0.2, -0.15) is 0 Å². The molecule has 0 aromatic heterocycles. The Kier molecular flexibility index (Phi) is 9.74. The lowest BCUT2D eigenvalue weighted by Gasteiger charge is -2.43. The Morgan fingerprint density at radius 2 is 1.66 bits per heavy atom. The van der Waals surface area contributed by atoms with Crippen LogP contribution in [0.3, 0.4) is 0 Å². The van der Waals surface area contributed by atoms with E-state index >= 15 is 0 Å². The van der Waals surface area contributed by atoms with Gasteiger partial charge in [-0.05, 0) is 53.7 Å². The van der Waals surface area contributed by atoms with Crippen LogP contribution in [0, 0.1) is 17.8 Å². The van der Waals surface area contributed by atoms with Gasteiger partial charge in [0.2, 0.25) is 0 Å². The lowest BCUT2D eigenvalue weighted by atomic mass is 9.99. The van der Waals surface area contributed by atoms with Crippen molar-refractivity contribution < 1.29 is 13.3 Å². The van der Waals surface area contributed by atoms with Gasteiger partial charge >= 0.3 is 8.56 Å². The van der Waals surface area contributed by atoms with Gasteiger partial charge in [0.05, 0.1) is 0 Å². The van der Waals surface area contributed by atoms with Crippen LogP contribution < -0.4 is 10.4 Å². The molecule has 2 aromatic rings. The number of allylic oxidation sites excluding steroid dienone is 1.